The van der Waals surface area contributed by atoms with Crippen LogP contribution in [0.2, 0.25) is 0 Å². The molecule has 3 rings (SSSR count). The fraction of sp³-hybridized carbons (Fsp3) is 0.462. The molecule has 5 heteroatoms. The van der Waals surface area contributed by atoms with E-state index in [1.165, 1.54) is 0 Å². The Morgan fingerprint density at radius 2 is 2.28 bits per heavy atom. The number of fused-ring (bicyclic) bond motifs is 1. The Balaban J connectivity index is 1.90. The Kier molecular flexibility index (Phi) is 2.83. The standard InChI is InChI=1S/C13H16N2O3/c14-9-3-4-11-10(8-9)15(5-7-18-11)13(16)12-2-1-6-17-12/h3-4,8,12H,1-2,5-7,14H2. The maximum absolute atomic E-state index is 12.4. The van der Waals surface area contributed by atoms with Gasteiger partial charge in [0, 0.05) is 12.3 Å². The van der Waals surface area contributed by atoms with Gasteiger partial charge in [-0.3, -0.25) is 4.79 Å². The second-order valence-corrected chi connectivity index (χ2v) is 4.57. The molecule has 18 heavy (non-hydrogen) atoms. The molecule has 0 radical (unpaired) electrons. The van der Waals surface area contributed by atoms with E-state index in [0.717, 1.165) is 18.5 Å². The van der Waals surface area contributed by atoms with Gasteiger partial charge in [-0.2, -0.15) is 0 Å². The number of hydrogen-bond donors (Lipinski definition) is 1. The van der Waals surface area contributed by atoms with E-state index in [4.69, 9.17) is 15.2 Å². The fourth-order valence-corrected chi connectivity index (χ4v) is 2.41. The van der Waals surface area contributed by atoms with E-state index in [1.807, 2.05) is 0 Å². The van der Waals surface area contributed by atoms with Crippen LogP contribution < -0.4 is 15.4 Å². The number of carbonyl (C=O) groups excluding carboxylic acids is 1. The molecule has 1 aromatic carbocycles. The molecule has 1 fully saturated rings. The van der Waals surface area contributed by atoms with Gasteiger partial charge in [-0.15, -0.1) is 0 Å². The van der Waals surface area contributed by atoms with Crippen molar-refractivity contribution in [1.82, 2.24) is 0 Å². The van der Waals surface area contributed by atoms with Crippen LogP contribution in [-0.4, -0.2) is 31.8 Å². The highest BCUT2D eigenvalue weighted by Gasteiger charge is 2.32. The molecular weight excluding hydrogens is 232 g/mol. The average molecular weight is 248 g/mol. The van der Waals surface area contributed by atoms with Gasteiger partial charge in [0.15, 0.2) is 0 Å². The number of rotatable bonds is 1. The van der Waals surface area contributed by atoms with Crippen molar-refractivity contribution >= 4 is 17.3 Å². The van der Waals surface area contributed by atoms with E-state index in [1.54, 1.807) is 23.1 Å². The van der Waals surface area contributed by atoms with Crippen LogP contribution in [-0.2, 0) is 9.53 Å². The monoisotopic (exact) mass is 248 g/mol. The molecule has 1 atom stereocenters. The number of anilines is 2. The van der Waals surface area contributed by atoms with Gasteiger partial charge in [0.05, 0.1) is 12.2 Å². The number of hydrogen-bond acceptors (Lipinski definition) is 4. The van der Waals surface area contributed by atoms with E-state index in [9.17, 15) is 4.79 Å². The fourth-order valence-electron chi connectivity index (χ4n) is 2.41. The van der Waals surface area contributed by atoms with Crippen molar-refractivity contribution in [3.63, 3.8) is 0 Å². The number of nitrogens with zero attached hydrogens (tertiary/aromatic N) is 1. The van der Waals surface area contributed by atoms with Gasteiger partial charge in [0.1, 0.15) is 18.5 Å². The van der Waals surface area contributed by atoms with Crippen LogP contribution in [0.5, 0.6) is 5.75 Å². The van der Waals surface area contributed by atoms with Crippen LogP contribution in [0.4, 0.5) is 11.4 Å². The van der Waals surface area contributed by atoms with Crippen LogP contribution in [0.1, 0.15) is 12.8 Å². The molecule has 2 N–H and O–H groups in total. The van der Waals surface area contributed by atoms with Crippen molar-refractivity contribution in [2.45, 2.75) is 18.9 Å². The van der Waals surface area contributed by atoms with E-state index in [2.05, 4.69) is 0 Å². The summed E-state index contributed by atoms with van der Waals surface area (Å²) in [4.78, 5) is 14.1. The van der Waals surface area contributed by atoms with Crippen molar-refractivity contribution in [3.8, 4) is 5.75 Å². The van der Waals surface area contributed by atoms with Crippen molar-refractivity contribution < 1.29 is 14.3 Å². The summed E-state index contributed by atoms with van der Waals surface area (Å²) in [7, 11) is 0. The normalized spacial score (nSPS) is 22.4. The summed E-state index contributed by atoms with van der Waals surface area (Å²) in [6.07, 6.45) is 1.44. The maximum atomic E-state index is 12.4. The molecule has 2 heterocycles. The highest BCUT2D eigenvalue weighted by atomic mass is 16.5. The molecule has 1 aromatic rings. The third kappa shape index (κ3) is 1.90. The second kappa shape index (κ2) is 4.49. The quantitative estimate of drug-likeness (QED) is 0.758. The lowest BCUT2D eigenvalue weighted by Crippen LogP contribution is -2.43. The lowest BCUT2D eigenvalue weighted by atomic mass is 10.1. The zero-order valence-electron chi connectivity index (χ0n) is 10.1. The van der Waals surface area contributed by atoms with Gasteiger partial charge in [-0.1, -0.05) is 0 Å². The lowest BCUT2D eigenvalue weighted by Gasteiger charge is -2.31. The maximum Gasteiger partial charge on any atom is 0.256 e. The number of nitrogen functional groups attached to an aromatic ring is 1. The number of carbonyl (C=O) groups is 1. The van der Waals surface area contributed by atoms with Gasteiger partial charge in [-0.05, 0) is 31.0 Å². The molecule has 2 aliphatic rings. The van der Waals surface area contributed by atoms with Crippen molar-refractivity contribution in [2.24, 2.45) is 0 Å². The summed E-state index contributed by atoms with van der Waals surface area (Å²) in [5.41, 5.74) is 7.15. The molecule has 0 aliphatic carbocycles. The molecule has 1 amide bonds. The first kappa shape index (κ1) is 11.3. The van der Waals surface area contributed by atoms with Gasteiger partial charge in [0.2, 0.25) is 0 Å². The Bertz CT molecular complexity index is 469. The minimum atomic E-state index is -0.308. The molecule has 0 bridgehead atoms. The topological polar surface area (TPSA) is 64.8 Å². The number of amides is 1. The molecule has 0 aromatic heterocycles. The SMILES string of the molecule is Nc1ccc2c(c1)N(C(=O)C1CCCO1)CCO2. The number of nitrogens with two attached hydrogens (primary N) is 1. The Morgan fingerprint density at radius 3 is 3.06 bits per heavy atom. The largest absolute Gasteiger partial charge is 0.490 e. The number of ether oxygens (including phenoxy) is 2. The third-order valence-electron chi connectivity index (χ3n) is 3.32. The van der Waals surface area contributed by atoms with Crippen LogP contribution >= 0.6 is 0 Å². The first-order chi connectivity index (χ1) is 8.75. The van der Waals surface area contributed by atoms with Gasteiger partial charge in [0.25, 0.3) is 5.91 Å². The zero-order chi connectivity index (χ0) is 12.5. The summed E-state index contributed by atoms with van der Waals surface area (Å²) in [6, 6.07) is 5.36. The Labute approximate surface area is 105 Å². The zero-order valence-corrected chi connectivity index (χ0v) is 10.1. The first-order valence-electron chi connectivity index (χ1n) is 6.21. The minimum Gasteiger partial charge on any atom is -0.490 e. The average Bonchev–Trinajstić information content (AvgIpc) is 2.91. The van der Waals surface area contributed by atoms with Gasteiger partial charge >= 0.3 is 0 Å². The highest BCUT2D eigenvalue weighted by Crippen LogP contribution is 2.34. The molecule has 96 valence electrons. The molecule has 0 saturated carbocycles. The second-order valence-electron chi connectivity index (χ2n) is 4.57. The molecule has 0 spiro atoms. The molecular formula is C13H16N2O3. The Morgan fingerprint density at radius 1 is 1.39 bits per heavy atom. The lowest BCUT2D eigenvalue weighted by molar-refractivity contribution is -0.127. The van der Waals surface area contributed by atoms with Crippen LogP contribution in [0.25, 0.3) is 0 Å². The van der Waals surface area contributed by atoms with Crippen molar-refractivity contribution in [3.05, 3.63) is 18.2 Å². The van der Waals surface area contributed by atoms with Crippen LogP contribution in [0, 0.1) is 0 Å². The summed E-state index contributed by atoms with van der Waals surface area (Å²) < 4.78 is 11.0. The predicted octanol–water partition coefficient (Wildman–Crippen LogP) is 1.17. The first-order valence-corrected chi connectivity index (χ1v) is 6.21. The van der Waals surface area contributed by atoms with E-state index in [-0.39, 0.29) is 12.0 Å². The molecule has 1 unspecified atom stereocenters. The Hall–Kier alpha value is -1.75. The minimum absolute atomic E-state index is 0.0163. The number of benzene rings is 1. The smallest absolute Gasteiger partial charge is 0.256 e. The molecule has 1 saturated heterocycles. The summed E-state index contributed by atoms with van der Waals surface area (Å²) in [5, 5.41) is 0. The summed E-state index contributed by atoms with van der Waals surface area (Å²) in [5.74, 6) is 0.726. The van der Waals surface area contributed by atoms with E-state index in [0.29, 0.717) is 31.2 Å². The van der Waals surface area contributed by atoms with Crippen molar-refractivity contribution in [1.29, 1.82) is 0 Å². The van der Waals surface area contributed by atoms with Gasteiger partial charge in [-0.25, -0.2) is 0 Å². The predicted molar refractivity (Wildman–Crippen MR) is 67.7 cm³/mol. The van der Waals surface area contributed by atoms with Crippen LogP contribution in [0.15, 0.2) is 18.2 Å². The van der Waals surface area contributed by atoms with E-state index >= 15 is 0 Å². The third-order valence-corrected chi connectivity index (χ3v) is 3.32. The van der Waals surface area contributed by atoms with E-state index < -0.39 is 0 Å². The van der Waals surface area contributed by atoms with Crippen molar-refractivity contribution in [2.75, 3.05) is 30.4 Å². The van der Waals surface area contributed by atoms with Gasteiger partial charge < -0.3 is 20.1 Å². The molecule has 5 nitrogen and oxygen atoms in total. The highest BCUT2D eigenvalue weighted by molar-refractivity contribution is 5.98. The van der Waals surface area contributed by atoms with Crippen LogP contribution in [0.3, 0.4) is 0 Å². The molecule has 2 aliphatic heterocycles. The summed E-state index contributed by atoms with van der Waals surface area (Å²) in [6.45, 7) is 1.73. The summed E-state index contributed by atoms with van der Waals surface area (Å²) >= 11 is 0.